The molecule has 0 fully saturated rings. The number of hydrogen-bond acceptors (Lipinski definition) is 3. The van der Waals surface area contributed by atoms with Crippen molar-refractivity contribution in [1.82, 2.24) is 10.6 Å². The van der Waals surface area contributed by atoms with Gasteiger partial charge in [0, 0.05) is 13.0 Å². The van der Waals surface area contributed by atoms with Gasteiger partial charge in [0.15, 0.2) is 0 Å². The highest BCUT2D eigenvalue weighted by molar-refractivity contribution is 5.78. The minimum absolute atomic E-state index is 0.0588. The molecule has 1 aromatic rings. The second-order valence-corrected chi connectivity index (χ2v) is 4.35. The molecule has 2 N–H and O–H groups in total. The lowest BCUT2D eigenvalue weighted by Crippen LogP contribution is -2.37. The van der Waals surface area contributed by atoms with Gasteiger partial charge in [-0.25, -0.2) is 4.79 Å². The van der Waals surface area contributed by atoms with Crippen molar-refractivity contribution >= 4 is 11.8 Å². The molecule has 0 radical (unpaired) electrons. The quantitative estimate of drug-likeness (QED) is 0.826. The first-order chi connectivity index (χ1) is 9.02. The Morgan fingerprint density at radius 1 is 1.26 bits per heavy atom. The number of benzene rings is 1. The molecule has 0 heterocycles. The summed E-state index contributed by atoms with van der Waals surface area (Å²) in [5, 5.41) is 5.45. The standard InChI is InChI=1S/C14H20N2O3/c1-10(17)8-9-15-14(18)16-11(2)12-4-6-13(19-3)7-5-12/h4-7,11H,8-9H2,1-3H3,(H2,15,16,18). The molecule has 1 rings (SSSR count). The Hall–Kier alpha value is -2.04. The average Bonchev–Trinajstić information content (AvgIpc) is 2.38. The number of amides is 2. The van der Waals surface area contributed by atoms with E-state index in [0.29, 0.717) is 13.0 Å². The first-order valence-corrected chi connectivity index (χ1v) is 6.20. The van der Waals surface area contributed by atoms with Crippen LogP contribution in [-0.2, 0) is 4.79 Å². The molecule has 19 heavy (non-hydrogen) atoms. The van der Waals surface area contributed by atoms with Crippen molar-refractivity contribution in [2.75, 3.05) is 13.7 Å². The number of nitrogens with one attached hydrogen (secondary N) is 2. The average molecular weight is 264 g/mol. The van der Waals surface area contributed by atoms with E-state index in [4.69, 9.17) is 4.74 Å². The molecule has 104 valence electrons. The summed E-state index contributed by atoms with van der Waals surface area (Å²) in [7, 11) is 1.61. The van der Waals surface area contributed by atoms with Gasteiger partial charge in [0.1, 0.15) is 11.5 Å². The molecular weight excluding hydrogens is 244 g/mol. The molecule has 5 heteroatoms. The lowest BCUT2D eigenvalue weighted by atomic mass is 10.1. The Morgan fingerprint density at radius 3 is 2.42 bits per heavy atom. The van der Waals surface area contributed by atoms with Crippen LogP contribution in [0.3, 0.4) is 0 Å². The van der Waals surface area contributed by atoms with Gasteiger partial charge in [0.25, 0.3) is 0 Å². The Balaban J connectivity index is 2.42. The zero-order chi connectivity index (χ0) is 14.3. The van der Waals surface area contributed by atoms with E-state index in [2.05, 4.69) is 10.6 Å². The Labute approximate surface area is 113 Å². The monoisotopic (exact) mass is 264 g/mol. The summed E-state index contributed by atoms with van der Waals surface area (Å²) in [5.74, 6) is 0.838. The van der Waals surface area contributed by atoms with Crippen molar-refractivity contribution in [3.63, 3.8) is 0 Å². The van der Waals surface area contributed by atoms with Gasteiger partial charge in [0.2, 0.25) is 0 Å². The zero-order valence-corrected chi connectivity index (χ0v) is 11.5. The molecule has 0 spiro atoms. The molecule has 0 aliphatic rings. The second-order valence-electron chi connectivity index (χ2n) is 4.35. The fraction of sp³-hybridized carbons (Fsp3) is 0.429. The fourth-order valence-electron chi connectivity index (χ4n) is 1.58. The highest BCUT2D eigenvalue weighted by Crippen LogP contribution is 2.16. The third-order valence-electron chi connectivity index (χ3n) is 2.73. The Morgan fingerprint density at radius 2 is 1.89 bits per heavy atom. The molecule has 5 nitrogen and oxygen atoms in total. The maximum Gasteiger partial charge on any atom is 0.315 e. The van der Waals surface area contributed by atoms with Gasteiger partial charge in [-0.3, -0.25) is 4.79 Å². The number of hydrogen-bond donors (Lipinski definition) is 2. The van der Waals surface area contributed by atoms with E-state index >= 15 is 0 Å². The van der Waals surface area contributed by atoms with Crippen LogP contribution < -0.4 is 15.4 Å². The summed E-state index contributed by atoms with van der Waals surface area (Å²) in [4.78, 5) is 22.3. The topological polar surface area (TPSA) is 67.4 Å². The first kappa shape index (κ1) is 15.0. The number of carbonyl (C=O) groups is 2. The van der Waals surface area contributed by atoms with E-state index in [-0.39, 0.29) is 17.9 Å². The van der Waals surface area contributed by atoms with Gasteiger partial charge in [-0.2, -0.15) is 0 Å². The van der Waals surface area contributed by atoms with Crippen LogP contribution in [0.2, 0.25) is 0 Å². The summed E-state index contributed by atoms with van der Waals surface area (Å²) in [6.45, 7) is 3.75. The molecule has 0 aliphatic carbocycles. The van der Waals surface area contributed by atoms with Gasteiger partial charge in [-0.15, -0.1) is 0 Å². The highest BCUT2D eigenvalue weighted by Gasteiger charge is 2.09. The van der Waals surface area contributed by atoms with Gasteiger partial charge < -0.3 is 15.4 Å². The molecule has 0 bridgehead atoms. The minimum Gasteiger partial charge on any atom is -0.497 e. The maximum atomic E-state index is 11.6. The Bertz CT molecular complexity index is 429. The zero-order valence-electron chi connectivity index (χ0n) is 11.5. The number of ether oxygens (including phenoxy) is 1. The van der Waals surface area contributed by atoms with Crippen molar-refractivity contribution < 1.29 is 14.3 Å². The Kier molecular flexibility index (Phi) is 5.85. The smallest absolute Gasteiger partial charge is 0.315 e. The van der Waals surface area contributed by atoms with Crippen molar-refractivity contribution in [2.45, 2.75) is 26.3 Å². The number of methoxy groups -OCH3 is 1. The van der Waals surface area contributed by atoms with Crippen LogP contribution in [0, 0.1) is 0 Å². The van der Waals surface area contributed by atoms with Gasteiger partial charge >= 0.3 is 6.03 Å². The van der Waals surface area contributed by atoms with Gasteiger partial charge in [-0.05, 0) is 31.5 Å². The van der Waals surface area contributed by atoms with Crippen LogP contribution in [-0.4, -0.2) is 25.5 Å². The van der Waals surface area contributed by atoms with Gasteiger partial charge in [0.05, 0.1) is 13.2 Å². The first-order valence-electron chi connectivity index (χ1n) is 6.20. The number of urea groups is 1. The van der Waals surface area contributed by atoms with Crippen molar-refractivity contribution in [3.8, 4) is 5.75 Å². The molecule has 1 unspecified atom stereocenters. The van der Waals surface area contributed by atoms with E-state index in [0.717, 1.165) is 11.3 Å². The SMILES string of the molecule is COc1ccc(C(C)NC(=O)NCCC(C)=O)cc1. The van der Waals surface area contributed by atoms with E-state index in [1.54, 1.807) is 7.11 Å². The predicted octanol–water partition coefficient (Wildman–Crippen LogP) is 2.03. The molecule has 0 saturated carbocycles. The van der Waals surface area contributed by atoms with E-state index in [9.17, 15) is 9.59 Å². The molecule has 1 atom stereocenters. The van der Waals surface area contributed by atoms with E-state index in [1.807, 2.05) is 31.2 Å². The summed E-state index contributed by atoms with van der Waals surface area (Å²) in [5.41, 5.74) is 0.988. The van der Waals surface area contributed by atoms with Crippen LogP contribution >= 0.6 is 0 Å². The van der Waals surface area contributed by atoms with Crippen LogP contribution in [0.1, 0.15) is 31.9 Å². The van der Waals surface area contributed by atoms with E-state index < -0.39 is 0 Å². The summed E-state index contributed by atoms with van der Waals surface area (Å²) in [6, 6.07) is 7.12. The van der Waals surface area contributed by atoms with Crippen molar-refractivity contribution in [1.29, 1.82) is 0 Å². The summed E-state index contributed by atoms with van der Waals surface area (Å²) < 4.78 is 5.07. The van der Waals surface area contributed by atoms with E-state index in [1.165, 1.54) is 6.92 Å². The minimum atomic E-state index is -0.274. The van der Waals surface area contributed by atoms with Crippen molar-refractivity contribution in [3.05, 3.63) is 29.8 Å². The summed E-state index contributed by atoms with van der Waals surface area (Å²) in [6.07, 6.45) is 0.352. The van der Waals surface area contributed by atoms with Crippen LogP contribution in [0.25, 0.3) is 0 Å². The largest absolute Gasteiger partial charge is 0.497 e. The number of ketones is 1. The van der Waals surface area contributed by atoms with Crippen LogP contribution in [0.15, 0.2) is 24.3 Å². The molecule has 1 aromatic carbocycles. The molecule has 2 amide bonds. The highest BCUT2D eigenvalue weighted by atomic mass is 16.5. The second kappa shape index (κ2) is 7.41. The van der Waals surface area contributed by atoms with Crippen LogP contribution in [0.5, 0.6) is 5.75 Å². The number of Topliss-reactive ketones (excluding diaryl/α,β-unsaturated/α-hetero) is 1. The maximum absolute atomic E-state index is 11.6. The third kappa shape index (κ3) is 5.42. The molecule has 0 saturated heterocycles. The lowest BCUT2D eigenvalue weighted by molar-refractivity contribution is -0.116. The number of carbonyl (C=O) groups excluding carboxylic acids is 2. The lowest BCUT2D eigenvalue weighted by Gasteiger charge is -2.15. The van der Waals surface area contributed by atoms with Crippen LogP contribution in [0.4, 0.5) is 4.79 Å². The molecular formula is C14H20N2O3. The van der Waals surface area contributed by atoms with Gasteiger partial charge in [-0.1, -0.05) is 12.1 Å². The summed E-state index contributed by atoms with van der Waals surface area (Å²) >= 11 is 0. The van der Waals surface area contributed by atoms with Crippen molar-refractivity contribution in [2.24, 2.45) is 0 Å². The predicted molar refractivity (Wildman–Crippen MR) is 73.2 cm³/mol. The fourth-order valence-corrected chi connectivity index (χ4v) is 1.58. The number of rotatable bonds is 6. The third-order valence-corrected chi connectivity index (χ3v) is 2.73. The molecule has 0 aromatic heterocycles. The normalized spacial score (nSPS) is 11.5. The molecule has 0 aliphatic heterocycles.